The van der Waals surface area contributed by atoms with Crippen LogP contribution in [0.1, 0.15) is 52.3 Å². The van der Waals surface area contributed by atoms with Crippen molar-refractivity contribution in [3.63, 3.8) is 0 Å². The molecule has 0 spiro atoms. The van der Waals surface area contributed by atoms with Gasteiger partial charge in [0.05, 0.1) is 32.4 Å². The molecule has 3 rings (SSSR count). The number of aliphatic hydroxyl groups is 1. The standard InChI is InChI=1S/C27H35N3O7/c1-8-37-27(34)22-15(2)20(16(3)28-22)24(31)21-23(18-14-17(35-6)10-11-19(18)36-7)30(26(33)25(21)32)13-9-12-29(4)5/h10-11,14,23,28,31H,8-9,12-13H2,1-7H3/b24-21+/t23-/m1/s1. The number of H-pyrrole nitrogens is 1. The number of hydrogen-bond acceptors (Lipinski definition) is 8. The smallest absolute Gasteiger partial charge is 0.355 e. The fraction of sp³-hybridized carbons (Fsp3) is 0.444. The lowest BCUT2D eigenvalue weighted by molar-refractivity contribution is -0.140. The summed E-state index contributed by atoms with van der Waals surface area (Å²) in [6, 6.07) is 4.18. The van der Waals surface area contributed by atoms with Crippen LogP contribution in [0.15, 0.2) is 23.8 Å². The minimum absolute atomic E-state index is 0.0815. The first kappa shape index (κ1) is 27.8. The summed E-state index contributed by atoms with van der Waals surface area (Å²) in [6.07, 6.45) is 0.609. The van der Waals surface area contributed by atoms with Crippen LogP contribution in [0, 0.1) is 13.8 Å². The molecular weight excluding hydrogens is 478 g/mol. The van der Waals surface area contributed by atoms with Gasteiger partial charge in [0.1, 0.15) is 23.0 Å². The van der Waals surface area contributed by atoms with Crippen molar-refractivity contribution in [3.8, 4) is 11.5 Å². The highest BCUT2D eigenvalue weighted by atomic mass is 16.5. The summed E-state index contributed by atoms with van der Waals surface area (Å²) in [5.41, 5.74) is 1.76. The molecule has 0 unspecified atom stereocenters. The van der Waals surface area contributed by atoms with Gasteiger partial charge in [0.25, 0.3) is 11.7 Å². The Labute approximate surface area is 216 Å². The third-order valence-electron chi connectivity index (χ3n) is 6.43. The third kappa shape index (κ3) is 5.34. The van der Waals surface area contributed by atoms with E-state index < -0.39 is 23.7 Å². The number of nitrogens with zero attached hydrogens (tertiary/aromatic N) is 2. The second kappa shape index (κ2) is 11.5. The van der Waals surface area contributed by atoms with Crippen molar-refractivity contribution >= 4 is 23.4 Å². The third-order valence-corrected chi connectivity index (χ3v) is 6.43. The molecule has 1 aromatic heterocycles. The minimum Gasteiger partial charge on any atom is -0.507 e. The lowest BCUT2D eigenvalue weighted by atomic mass is 9.93. The van der Waals surface area contributed by atoms with Gasteiger partial charge in [-0.1, -0.05) is 0 Å². The summed E-state index contributed by atoms with van der Waals surface area (Å²) < 4.78 is 16.1. The number of ketones is 1. The number of aromatic nitrogens is 1. The van der Waals surface area contributed by atoms with E-state index in [2.05, 4.69) is 4.98 Å². The van der Waals surface area contributed by atoms with Gasteiger partial charge in [0, 0.05) is 23.4 Å². The number of amides is 1. The normalized spacial score (nSPS) is 17.0. The Morgan fingerprint density at radius 2 is 1.86 bits per heavy atom. The van der Waals surface area contributed by atoms with Gasteiger partial charge < -0.3 is 34.1 Å². The highest BCUT2D eigenvalue weighted by molar-refractivity contribution is 6.46. The van der Waals surface area contributed by atoms with Gasteiger partial charge in [0.15, 0.2) is 0 Å². The molecule has 37 heavy (non-hydrogen) atoms. The van der Waals surface area contributed by atoms with Crippen LogP contribution in [0.2, 0.25) is 0 Å². The average molecular weight is 514 g/mol. The molecule has 2 N–H and O–H groups in total. The first-order valence-electron chi connectivity index (χ1n) is 12.1. The van der Waals surface area contributed by atoms with Crippen molar-refractivity contribution in [2.75, 3.05) is 48.0 Å². The summed E-state index contributed by atoms with van der Waals surface area (Å²) in [7, 11) is 6.86. The van der Waals surface area contributed by atoms with Crippen molar-refractivity contribution in [1.82, 2.24) is 14.8 Å². The number of hydrogen-bond donors (Lipinski definition) is 2. The zero-order chi connectivity index (χ0) is 27.4. The first-order valence-corrected chi connectivity index (χ1v) is 12.1. The van der Waals surface area contributed by atoms with Crippen LogP contribution in [-0.4, -0.2) is 85.6 Å². The molecule has 1 amide bonds. The van der Waals surface area contributed by atoms with Crippen molar-refractivity contribution < 1.29 is 33.7 Å². The molecule has 1 fully saturated rings. The Balaban J connectivity index is 2.25. The molecular formula is C27H35N3O7. The summed E-state index contributed by atoms with van der Waals surface area (Å²) >= 11 is 0. The predicted octanol–water partition coefficient (Wildman–Crippen LogP) is 3.20. The number of carbonyl (C=O) groups excluding carboxylic acids is 3. The second-order valence-electron chi connectivity index (χ2n) is 9.10. The molecule has 1 aliphatic heterocycles. The zero-order valence-corrected chi connectivity index (χ0v) is 22.4. The quantitative estimate of drug-likeness (QED) is 0.215. The molecule has 1 aromatic carbocycles. The van der Waals surface area contributed by atoms with Crippen LogP contribution in [-0.2, 0) is 14.3 Å². The molecule has 0 bridgehead atoms. The Bertz CT molecular complexity index is 1230. The van der Waals surface area contributed by atoms with E-state index in [1.54, 1.807) is 39.0 Å². The molecule has 2 heterocycles. The number of rotatable bonds is 10. The summed E-state index contributed by atoms with van der Waals surface area (Å²) in [4.78, 5) is 45.6. The van der Waals surface area contributed by atoms with Crippen molar-refractivity contribution in [2.45, 2.75) is 33.2 Å². The number of aryl methyl sites for hydroxylation is 1. The second-order valence-corrected chi connectivity index (χ2v) is 9.10. The van der Waals surface area contributed by atoms with Crippen LogP contribution in [0.4, 0.5) is 0 Å². The Hall–Kier alpha value is -3.79. The fourth-order valence-corrected chi connectivity index (χ4v) is 4.69. The average Bonchev–Trinajstić information content (AvgIpc) is 3.30. The van der Waals surface area contributed by atoms with Crippen LogP contribution >= 0.6 is 0 Å². The van der Waals surface area contributed by atoms with Gasteiger partial charge >= 0.3 is 5.97 Å². The van der Waals surface area contributed by atoms with Gasteiger partial charge in [-0.2, -0.15) is 0 Å². The SMILES string of the molecule is CCOC(=O)c1[nH]c(C)c(/C(O)=C2\C(=O)C(=O)N(CCCN(C)C)[C@@H]2c2cc(OC)ccc2OC)c1C. The zero-order valence-electron chi connectivity index (χ0n) is 22.4. The number of benzene rings is 1. The van der Waals surface area contributed by atoms with E-state index in [0.29, 0.717) is 41.3 Å². The van der Waals surface area contributed by atoms with Crippen LogP contribution < -0.4 is 9.47 Å². The summed E-state index contributed by atoms with van der Waals surface area (Å²) in [5.74, 6) is -1.52. The minimum atomic E-state index is -0.924. The summed E-state index contributed by atoms with van der Waals surface area (Å²) in [6.45, 7) is 6.19. The molecule has 0 saturated carbocycles. The van der Waals surface area contributed by atoms with E-state index in [-0.39, 0.29) is 35.7 Å². The summed E-state index contributed by atoms with van der Waals surface area (Å²) in [5, 5.41) is 11.6. The molecule has 1 aliphatic rings. The Morgan fingerprint density at radius 3 is 2.46 bits per heavy atom. The van der Waals surface area contributed by atoms with E-state index in [1.165, 1.54) is 19.1 Å². The maximum absolute atomic E-state index is 13.4. The van der Waals surface area contributed by atoms with E-state index in [1.807, 2.05) is 19.0 Å². The van der Waals surface area contributed by atoms with Gasteiger partial charge in [-0.15, -0.1) is 0 Å². The lowest BCUT2D eigenvalue weighted by Crippen LogP contribution is -2.32. The van der Waals surface area contributed by atoms with Gasteiger partial charge in [-0.05, 0) is 71.6 Å². The van der Waals surface area contributed by atoms with Crippen LogP contribution in [0.25, 0.3) is 5.76 Å². The van der Waals surface area contributed by atoms with E-state index in [9.17, 15) is 19.5 Å². The lowest BCUT2D eigenvalue weighted by Gasteiger charge is -2.27. The van der Waals surface area contributed by atoms with Crippen molar-refractivity contribution in [3.05, 3.63) is 51.9 Å². The molecule has 200 valence electrons. The number of methoxy groups -OCH3 is 2. The maximum atomic E-state index is 13.4. The maximum Gasteiger partial charge on any atom is 0.355 e. The number of esters is 1. The van der Waals surface area contributed by atoms with Crippen molar-refractivity contribution in [1.29, 1.82) is 0 Å². The largest absolute Gasteiger partial charge is 0.507 e. The number of carbonyl (C=O) groups is 3. The molecule has 1 saturated heterocycles. The predicted molar refractivity (Wildman–Crippen MR) is 138 cm³/mol. The number of aromatic amines is 1. The fourth-order valence-electron chi connectivity index (χ4n) is 4.69. The molecule has 0 aliphatic carbocycles. The number of aliphatic hydroxyl groups excluding tert-OH is 1. The Morgan fingerprint density at radius 1 is 1.16 bits per heavy atom. The monoisotopic (exact) mass is 513 g/mol. The topological polar surface area (TPSA) is 121 Å². The van der Waals surface area contributed by atoms with Crippen LogP contribution in [0.5, 0.6) is 11.5 Å². The van der Waals surface area contributed by atoms with Gasteiger partial charge in [0.2, 0.25) is 0 Å². The molecule has 1 atom stereocenters. The molecule has 2 aromatic rings. The Kier molecular flexibility index (Phi) is 8.65. The highest BCUT2D eigenvalue weighted by Gasteiger charge is 2.47. The number of nitrogens with one attached hydrogen (secondary N) is 1. The first-order chi connectivity index (χ1) is 17.6. The van der Waals surface area contributed by atoms with Crippen molar-refractivity contribution in [2.24, 2.45) is 0 Å². The molecule has 0 radical (unpaired) electrons. The number of Topliss-reactive ketones (excluding diaryl/α,β-unsaturated/α-hetero) is 1. The molecule has 10 nitrogen and oxygen atoms in total. The number of ether oxygens (including phenoxy) is 3. The van der Waals surface area contributed by atoms with E-state index >= 15 is 0 Å². The highest BCUT2D eigenvalue weighted by Crippen LogP contribution is 2.44. The van der Waals surface area contributed by atoms with E-state index in [4.69, 9.17) is 14.2 Å². The van der Waals surface area contributed by atoms with E-state index in [0.717, 1.165) is 0 Å². The molecule has 10 heteroatoms. The van der Waals surface area contributed by atoms with Gasteiger partial charge in [-0.25, -0.2) is 4.79 Å². The van der Waals surface area contributed by atoms with Crippen LogP contribution in [0.3, 0.4) is 0 Å². The van der Waals surface area contributed by atoms with Gasteiger partial charge in [-0.3, -0.25) is 9.59 Å². The number of likely N-dealkylation sites (tertiary alicyclic amines) is 1.